The Morgan fingerprint density at radius 1 is 1.00 bits per heavy atom. The van der Waals surface area contributed by atoms with Gasteiger partial charge in [0.25, 0.3) is 0 Å². The van der Waals surface area contributed by atoms with Crippen LogP contribution in [0.25, 0.3) is 11.1 Å². The second-order valence-electron chi connectivity index (χ2n) is 4.14. The average Bonchev–Trinajstić information content (AvgIpc) is 2.25. The highest BCUT2D eigenvalue weighted by molar-refractivity contribution is 5.68. The first-order chi connectivity index (χ1) is 7.58. The van der Waals surface area contributed by atoms with E-state index in [1.165, 1.54) is 0 Å². The van der Waals surface area contributed by atoms with Crippen LogP contribution in [0.5, 0.6) is 5.75 Å². The summed E-state index contributed by atoms with van der Waals surface area (Å²) in [7, 11) is 0. The number of pyridine rings is 1. The molecule has 0 spiro atoms. The molecule has 0 aliphatic carbocycles. The molecule has 2 nitrogen and oxygen atoms in total. The van der Waals surface area contributed by atoms with E-state index in [9.17, 15) is 5.11 Å². The fourth-order valence-corrected chi connectivity index (χ4v) is 1.74. The lowest BCUT2D eigenvalue weighted by Crippen LogP contribution is -1.88. The second kappa shape index (κ2) is 3.97. The van der Waals surface area contributed by atoms with Crippen LogP contribution in [0.1, 0.15) is 16.8 Å². The molecule has 1 heterocycles. The zero-order valence-corrected chi connectivity index (χ0v) is 9.78. The minimum atomic E-state index is 0.348. The Labute approximate surface area is 95.6 Å². The van der Waals surface area contributed by atoms with Gasteiger partial charge in [0, 0.05) is 17.5 Å². The third kappa shape index (κ3) is 1.91. The Balaban J connectivity index is 2.56. The van der Waals surface area contributed by atoms with E-state index >= 15 is 0 Å². The quantitative estimate of drug-likeness (QED) is 0.787. The third-order valence-electron chi connectivity index (χ3n) is 2.77. The molecule has 16 heavy (non-hydrogen) atoms. The number of rotatable bonds is 1. The van der Waals surface area contributed by atoms with Crippen LogP contribution in [-0.4, -0.2) is 10.1 Å². The molecule has 0 amide bonds. The molecule has 0 aliphatic heterocycles. The van der Waals surface area contributed by atoms with Gasteiger partial charge in [-0.15, -0.1) is 0 Å². The minimum absolute atomic E-state index is 0.348. The molecule has 2 aromatic rings. The van der Waals surface area contributed by atoms with Crippen molar-refractivity contribution in [1.82, 2.24) is 4.98 Å². The van der Waals surface area contributed by atoms with Gasteiger partial charge in [-0.1, -0.05) is 6.07 Å². The van der Waals surface area contributed by atoms with Gasteiger partial charge in [0.2, 0.25) is 0 Å². The third-order valence-corrected chi connectivity index (χ3v) is 2.77. The van der Waals surface area contributed by atoms with Crippen molar-refractivity contribution in [3.05, 3.63) is 47.3 Å². The van der Waals surface area contributed by atoms with Crippen molar-refractivity contribution in [2.45, 2.75) is 20.8 Å². The first kappa shape index (κ1) is 10.7. The van der Waals surface area contributed by atoms with Gasteiger partial charge in [0.1, 0.15) is 5.75 Å². The summed E-state index contributed by atoms with van der Waals surface area (Å²) >= 11 is 0. The van der Waals surface area contributed by atoms with Crippen molar-refractivity contribution in [3.63, 3.8) is 0 Å². The van der Waals surface area contributed by atoms with E-state index in [0.29, 0.717) is 5.75 Å². The smallest absolute Gasteiger partial charge is 0.118 e. The van der Waals surface area contributed by atoms with Crippen molar-refractivity contribution in [3.8, 4) is 16.9 Å². The van der Waals surface area contributed by atoms with E-state index in [-0.39, 0.29) is 0 Å². The Hall–Kier alpha value is -1.83. The SMILES string of the molecule is Cc1ccc(-c2cc(C)c(O)cc2C)cn1. The Morgan fingerprint density at radius 2 is 1.75 bits per heavy atom. The van der Waals surface area contributed by atoms with Crippen LogP contribution in [0.15, 0.2) is 30.5 Å². The number of hydrogen-bond donors (Lipinski definition) is 1. The van der Waals surface area contributed by atoms with E-state index in [1.54, 1.807) is 6.07 Å². The number of aromatic hydroxyl groups is 1. The summed E-state index contributed by atoms with van der Waals surface area (Å²) in [6.07, 6.45) is 1.87. The molecule has 0 bridgehead atoms. The first-order valence-corrected chi connectivity index (χ1v) is 5.31. The molecule has 2 heteroatoms. The standard InChI is InChI=1S/C14H15NO/c1-9-7-14(16)10(2)6-13(9)12-5-4-11(3)15-8-12/h4-8,16H,1-3H3. The zero-order valence-electron chi connectivity index (χ0n) is 9.78. The van der Waals surface area contributed by atoms with Crippen molar-refractivity contribution in [2.24, 2.45) is 0 Å². The maximum atomic E-state index is 9.60. The topological polar surface area (TPSA) is 33.1 Å². The Bertz CT molecular complexity index is 515. The zero-order chi connectivity index (χ0) is 11.7. The van der Waals surface area contributed by atoms with E-state index in [1.807, 2.05) is 39.1 Å². The second-order valence-corrected chi connectivity index (χ2v) is 4.14. The highest BCUT2D eigenvalue weighted by Crippen LogP contribution is 2.28. The summed E-state index contributed by atoms with van der Waals surface area (Å²) < 4.78 is 0. The van der Waals surface area contributed by atoms with Gasteiger partial charge in [0.05, 0.1) is 0 Å². The number of phenols is 1. The van der Waals surface area contributed by atoms with Gasteiger partial charge in [-0.25, -0.2) is 0 Å². The number of phenolic OH excluding ortho intramolecular Hbond substituents is 1. The van der Waals surface area contributed by atoms with Crippen LogP contribution in [0.2, 0.25) is 0 Å². The van der Waals surface area contributed by atoms with Gasteiger partial charge in [0.15, 0.2) is 0 Å². The fourth-order valence-electron chi connectivity index (χ4n) is 1.74. The number of benzene rings is 1. The molecule has 2 rings (SSSR count). The molecule has 0 saturated heterocycles. The summed E-state index contributed by atoms with van der Waals surface area (Å²) in [5.41, 5.74) is 5.18. The molecular weight excluding hydrogens is 198 g/mol. The van der Waals surface area contributed by atoms with Crippen LogP contribution in [-0.2, 0) is 0 Å². The van der Waals surface area contributed by atoms with Crippen LogP contribution in [0.3, 0.4) is 0 Å². The molecule has 0 atom stereocenters. The van der Waals surface area contributed by atoms with Gasteiger partial charge in [-0.2, -0.15) is 0 Å². The largest absolute Gasteiger partial charge is 0.508 e. The Morgan fingerprint density at radius 3 is 2.38 bits per heavy atom. The monoisotopic (exact) mass is 213 g/mol. The molecule has 0 aliphatic rings. The maximum Gasteiger partial charge on any atom is 0.118 e. The fraction of sp³-hybridized carbons (Fsp3) is 0.214. The molecule has 0 radical (unpaired) electrons. The summed E-state index contributed by atoms with van der Waals surface area (Å²) in [4.78, 5) is 4.29. The van der Waals surface area contributed by atoms with Gasteiger partial charge >= 0.3 is 0 Å². The van der Waals surface area contributed by atoms with E-state index in [0.717, 1.165) is 27.9 Å². The molecule has 1 aromatic heterocycles. The lowest BCUT2D eigenvalue weighted by molar-refractivity contribution is 0.471. The first-order valence-electron chi connectivity index (χ1n) is 5.31. The van der Waals surface area contributed by atoms with Crippen molar-refractivity contribution in [1.29, 1.82) is 0 Å². The predicted octanol–water partition coefficient (Wildman–Crippen LogP) is 3.38. The number of aromatic nitrogens is 1. The number of aryl methyl sites for hydroxylation is 3. The van der Waals surface area contributed by atoms with Gasteiger partial charge in [-0.3, -0.25) is 4.98 Å². The van der Waals surface area contributed by atoms with E-state index in [2.05, 4.69) is 11.1 Å². The lowest BCUT2D eigenvalue weighted by Gasteiger charge is -2.09. The maximum absolute atomic E-state index is 9.60. The van der Waals surface area contributed by atoms with Crippen LogP contribution < -0.4 is 0 Å². The number of nitrogens with zero attached hydrogens (tertiary/aromatic N) is 1. The summed E-state index contributed by atoms with van der Waals surface area (Å²) in [5.74, 6) is 0.348. The average molecular weight is 213 g/mol. The highest BCUT2D eigenvalue weighted by atomic mass is 16.3. The van der Waals surface area contributed by atoms with Crippen LogP contribution in [0, 0.1) is 20.8 Å². The molecule has 0 fully saturated rings. The number of hydrogen-bond acceptors (Lipinski definition) is 2. The molecule has 1 N–H and O–H groups in total. The van der Waals surface area contributed by atoms with Crippen LogP contribution >= 0.6 is 0 Å². The normalized spacial score (nSPS) is 10.4. The van der Waals surface area contributed by atoms with Crippen molar-refractivity contribution < 1.29 is 5.11 Å². The molecule has 1 aromatic carbocycles. The summed E-state index contributed by atoms with van der Waals surface area (Å²) in [6.45, 7) is 5.87. The van der Waals surface area contributed by atoms with E-state index in [4.69, 9.17) is 0 Å². The predicted molar refractivity (Wildman–Crippen MR) is 65.5 cm³/mol. The van der Waals surface area contributed by atoms with Crippen molar-refractivity contribution in [2.75, 3.05) is 0 Å². The molecular formula is C14H15NO. The lowest BCUT2D eigenvalue weighted by atomic mass is 9.99. The molecule has 82 valence electrons. The van der Waals surface area contributed by atoms with Crippen molar-refractivity contribution >= 4 is 0 Å². The van der Waals surface area contributed by atoms with Gasteiger partial charge in [-0.05, 0) is 55.7 Å². The minimum Gasteiger partial charge on any atom is -0.508 e. The highest BCUT2D eigenvalue weighted by Gasteiger charge is 2.05. The van der Waals surface area contributed by atoms with Crippen LogP contribution in [0.4, 0.5) is 0 Å². The molecule has 0 unspecified atom stereocenters. The summed E-state index contributed by atoms with van der Waals surface area (Å²) in [6, 6.07) is 7.85. The molecule has 0 saturated carbocycles. The van der Waals surface area contributed by atoms with Gasteiger partial charge < -0.3 is 5.11 Å². The Kier molecular flexibility index (Phi) is 2.65. The van der Waals surface area contributed by atoms with E-state index < -0.39 is 0 Å². The summed E-state index contributed by atoms with van der Waals surface area (Å²) in [5, 5.41) is 9.60.